The molecule has 6 nitrogen and oxygen atoms in total. The van der Waals surface area contributed by atoms with Crippen molar-refractivity contribution in [3.05, 3.63) is 46.3 Å². The normalized spacial score (nSPS) is 9.95. The number of hydrogen-bond acceptors (Lipinski definition) is 4. The summed E-state index contributed by atoms with van der Waals surface area (Å²) in [5.41, 5.74) is 1.38. The van der Waals surface area contributed by atoms with E-state index in [9.17, 15) is 14.4 Å². The number of fused-ring (bicyclic) bond motifs is 1. The quantitative estimate of drug-likeness (QED) is 0.642. The number of aliphatic carboxylic acids is 2. The van der Waals surface area contributed by atoms with E-state index in [2.05, 4.69) is 0 Å². The molecule has 0 saturated carbocycles. The van der Waals surface area contributed by atoms with Crippen LogP contribution < -0.4 is 5.63 Å². The minimum Gasteiger partial charge on any atom is -0.481 e. The maximum absolute atomic E-state index is 10.9. The van der Waals surface area contributed by atoms with E-state index in [1.165, 1.54) is 6.07 Å². The Hall–Kier alpha value is -2.63. The molecule has 1 aromatic carbocycles. The van der Waals surface area contributed by atoms with Crippen LogP contribution in [-0.4, -0.2) is 22.2 Å². The lowest BCUT2D eigenvalue weighted by molar-refractivity contribution is -0.153. The van der Waals surface area contributed by atoms with Crippen molar-refractivity contribution in [1.82, 2.24) is 0 Å². The first-order chi connectivity index (χ1) is 9.32. The molecule has 0 aliphatic carbocycles. The highest BCUT2D eigenvalue weighted by atomic mass is 16.4. The predicted molar refractivity (Wildman–Crippen MR) is 71.7 cm³/mol. The number of hydrogen-bond donors (Lipinski definition) is 2. The molecule has 106 valence electrons. The number of rotatable bonds is 2. The van der Waals surface area contributed by atoms with Gasteiger partial charge in [0.15, 0.2) is 5.92 Å². The third kappa shape index (κ3) is 3.94. The summed E-state index contributed by atoms with van der Waals surface area (Å²) >= 11 is 0. The Labute approximate surface area is 114 Å². The van der Waals surface area contributed by atoms with Crippen LogP contribution in [-0.2, 0) is 9.59 Å². The summed E-state index contributed by atoms with van der Waals surface area (Å²) in [5.74, 6) is -3.91. The molecule has 0 unspecified atom stereocenters. The molecule has 0 bridgehead atoms. The van der Waals surface area contributed by atoms with Crippen LogP contribution >= 0.6 is 0 Å². The maximum Gasteiger partial charge on any atom is 0.336 e. The molecule has 0 amide bonds. The van der Waals surface area contributed by atoms with Gasteiger partial charge in [0.25, 0.3) is 0 Å². The number of carboxylic acid groups (broad SMARTS) is 2. The van der Waals surface area contributed by atoms with Gasteiger partial charge in [0.05, 0.1) is 0 Å². The van der Waals surface area contributed by atoms with Gasteiger partial charge in [0.2, 0.25) is 0 Å². The third-order valence-electron chi connectivity index (χ3n) is 2.58. The molecular formula is C14H14O6. The van der Waals surface area contributed by atoms with Gasteiger partial charge in [-0.3, -0.25) is 9.59 Å². The van der Waals surface area contributed by atoms with Gasteiger partial charge in [-0.1, -0.05) is 18.2 Å². The lowest BCUT2D eigenvalue weighted by Gasteiger charge is -1.97. The van der Waals surface area contributed by atoms with E-state index in [0.29, 0.717) is 5.58 Å². The predicted octanol–water partition coefficient (Wildman–Crippen LogP) is 1.89. The van der Waals surface area contributed by atoms with Gasteiger partial charge >= 0.3 is 17.6 Å². The Balaban J connectivity index is 0.000000221. The summed E-state index contributed by atoms with van der Waals surface area (Å²) in [5, 5.41) is 16.9. The van der Waals surface area contributed by atoms with Gasteiger partial charge in [-0.2, -0.15) is 0 Å². The number of carboxylic acids is 2. The highest BCUT2D eigenvalue weighted by molar-refractivity contribution is 5.92. The zero-order chi connectivity index (χ0) is 15.3. The molecule has 0 saturated heterocycles. The van der Waals surface area contributed by atoms with Crippen molar-refractivity contribution in [2.45, 2.75) is 13.8 Å². The summed E-state index contributed by atoms with van der Waals surface area (Å²) < 4.78 is 5.04. The SMILES string of the molecule is CC(C(=O)O)C(=O)O.Cc1cccc2ccc(=O)oc12. The van der Waals surface area contributed by atoms with Crippen LogP contribution in [0.4, 0.5) is 0 Å². The van der Waals surface area contributed by atoms with Gasteiger partial charge in [0, 0.05) is 11.5 Å². The average Bonchev–Trinajstić information content (AvgIpc) is 2.39. The zero-order valence-corrected chi connectivity index (χ0v) is 11.0. The Kier molecular flexibility index (Phi) is 5.02. The van der Waals surface area contributed by atoms with E-state index in [1.54, 1.807) is 6.07 Å². The number of para-hydroxylation sites is 1. The van der Waals surface area contributed by atoms with E-state index in [-0.39, 0.29) is 5.63 Å². The highest BCUT2D eigenvalue weighted by Gasteiger charge is 2.18. The van der Waals surface area contributed by atoms with Crippen LogP contribution in [0.1, 0.15) is 12.5 Å². The molecule has 2 rings (SSSR count). The molecule has 0 spiro atoms. The second kappa shape index (κ2) is 6.51. The maximum atomic E-state index is 10.9. The Morgan fingerprint density at radius 3 is 2.20 bits per heavy atom. The second-order valence-corrected chi connectivity index (χ2v) is 4.15. The van der Waals surface area contributed by atoms with Gasteiger partial charge in [0.1, 0.15) is 5.58 Å². The van der Waals surface area contributed by atoms with Crippen molar-refractivity contribution in [3.8, 4) is 0 Å². The fraction of sp³-hybridized carbons (Fsp3) is 0.214. The largest absolute Gasteiger partial charge is 0.481 e. The Bertz CT molecular complexity index is 671. The number of carbonyl (C=O) groups is 2. The Morgan fingerprint density at radius 1 is 1.10 bits per heavy atom. The van der Waals surface area contributed by atoms with E-state index in [4.69, 9.17) is 14.6 Å². The van der Waals surface area contributed by atoms with Crippen molar-refractivity contribution in [1.29, 1.82) is 0 Å². The average molecular weight is 278 g/mol. The van der Waals surface area contributed by atoms with Gasteiger partial charge in [-0.05, 0) is 25.5 Å². The monoisotopic (exact) mass is 278 g/mol. The van der Waals surface area contributed by atoms with E-state index in [1.807, 2.05) is 25.1 Å². The lowest BCUT2D eigenvalue weighted by Crippen LogP contribution is -2.19. The molecule has 0 fully saturated rings. The van der Waals surface area contributed by atoms with Crippen molar-refractivity contribution in [3.63, 3.8) is 0 Å². The van der Waals surface area contributed by atoms with Crippen LogP contribution in [0.15, 0.2) is 39.5 Å². The van der Waals surface area contributed by atoms with Crippen LogP contribution in [0.3, 0.4) is 0 Å². The first-order valence-electron chi connectivity index (χ1n) is 5.78. The van der Waals surface area contributed by atoms with Crippen molar-refractivity contribution >= 4 is 22.9 Å². The molecule has 0 aliphatic rings. The second-order valence-electron chi connectivity index (χ2n) is 4.15. The van der Waals surface area contributed by atoms with Gasteiger partial charge < -0.3 is 14.6 Å². The molecule has 2 aromatic rings. The van der Waals surface area contributed by atoms with Crippen LogP contribution in [0, 0.1) is 12.8 Å². The molecule has 0 atom stereocenters. The van der Waals surface area contributed by atoms with Crippen molar-refractivity contribution in [2.75, 3.05) is 0 Å². The van der Waals surface area contributed by atoms with Crippen LogP contribution in [0.25, 0.3) is 11.0 Å². The Morgan fingerprint density at radius 2 is 1.70 bits per heavy atom. The van der Waals surface area contributed by atoms with Crippen molar-refractivity contribution < 1.29 is 24.2 Å². The van der Waals surface area contributed by atoms with E-state index in [0.717, 1.165) is 17.9 Å². The number of benzene rings is 1. The molecule has 0 radical (unpaired) electrons. The highest BCUT2D eigenvalue weighted by Crippen LogP contribution is 2.14. The summed E-state index contributed by atoms with van der Waals surface area (Å²) in [6.45, 7) is 3.04. The molecule has 0 aliphatic heterocycles. The van der Waals surface area contributed by atoms with Crippen molar-refractivity contribution in [2.24, 2.45) is 5.92 Å². The summed E-state index contributed by atoms with van der Waals surface area (Å²) in [6.07, 6.45) is 0. The number of aryl methyl sites for hydroxylation is 1. The van der Waals surface area contributed by atoms with E-state index < -0.39 is 17.9 Å². The molecular weight excluding hydrogens is 264 g/mol. The van der Waals surface area contributed by atoms with Crippen LogP contribution in [0.5, 0.6) is 0 Å². The van der Waals surface area contributed by atoms with Gasteiger partial charge in [-0.25, -0.2) is 4.79 Å². The standard InChI is InChI=1S/C10H8O2.C4H6O4/c1-7-3-2-4-8-5-6-9(11)12-10(7)8;1-2(3(5)6)4(7)8/h2-6H,1H3;2H,1H3,(H,5,6)(H,7,8). The summed E-state index contributed by atoms with van der Waals surface area (Å²) in [4.78, 5) is 30.4. The molecule has 1 aromatic heterocycles. The molecule has 20 heavy (non-hydrogen) atoms. The first-order valence-corrected chi connectivity index (χ1v) is 5.78. The zero-order valence-electron chi connectivity index (χ0n) is 11.0. The topological polar surface area (TPSA) is 105 Å². The van der Waals surface area contributed by atoms with Gasteiger partial charge in [-0.15, -0.1) is 0 Å². The molecule has 1 heterocycles. The van der Waals surface area contributed by atoms with Crippen LogP contribution in [0.2, 0.25) is 0 Å². The minimum atomic E-state index is -1.31. The third-order valence-corrected chi connectivity index (χ3v) is 2.58. The molecule has 2 N–H and O–H groups in total. The van der Waals surface area contributed by atoms with E-state index >= 15 is 0 Å². The molecule has 6 heteroatoms. The summed E-state index contributed by atoms with van der Waals surface area (Å²) in [7, 11) is 0. The fourth-order valence-electron chi connectivity index (χ4n) is 1.34. The minimum absolute atomic E-state index is 0.295. The first kappa shape index (κ1) is 15.4. The lowest BCUT2D eigenvalue weighted by atomic mass is 10.1. The fourth-order valence-corrected chi connectivity index (χ4v) is 1.34. The smallest absolute Gasteiger partial charge is 0.336 e. The summed E-state index contributed by atoms with van der Waals surface area (Å²) in [6, 6.07) is 8.99.